The predicted molar refractivity (Wildman–Crippen MR) is 123 cm³/mol. The Labute approximate surface area is 184 Å². The van der Waals surface area contributed by atoms with Crippen LogP contribution in [0, 0.1) is 5.92 Å². The number of hydrogen-bond acceptors (Lipinski definition) is 5. The number of likely N-dealkylation sites (tertiary alicyclic amines) is 1. The lowest BCUT2D eigenvalue weighted by Gasteiger charge is -2.43. The standard InChI is InChI=1S/C22H23N3O3S2/c1-14(26)16-5-7-18(8-6-16)23-20(27)13-30-22(29)24-10-15-9-17(12-24)19-3-2-4-21(28)25(19)11-15/h2-8,15,17H,9-13H2,1H3,(H,23,27)/t15-,17+/m0/s1. The number of aromatic nitrogens is 1. The number of hydrogen-bond donors (Lipinski definition) is 1. The third-order valence-electron chi connectivity index (χ3n) is 5.64. The van der Waals surface area contributed by atoms with Gasteiger partial charge in [-0.05, 0) is 49.6 Å². The van der Waals surface area contributed by atoms with Crippen molar-refractivity contribution < 1.29 is 9.59 Å². The van der Waals surface area contributed by atoms with Crippen molar-refractivity contribution in [3.05, 3.63) is 64.1 Å². The number of thioether (sulfide) groups is 1. The van der Waals surface area contributed by atoms with E-state index in [0.29, 0.717) is 23.1 Å². The Bertz CT molecular complexity index is 1050. The van der Waals surface area contributed by atoms with E-state index in [2.05, 4.69) is 10.2 Å². The molecular formula is C22H23N3O3S2. The molecule has 2 atom stereocenters. The van der Waals surface area contributed by atoms with Crippen LogP contribution in [0.5, 0.6) is 0 Å². The number of Topliss-reactive ketones (excluding diaryl/α,β-unsaturated/α-hetero) is 1. The van der Waals surface area contributed by atoms with Gasteiger partial charge >= 0.3 is 0 Å². The van der Waals surface area contributed by atoms with Gasteiger partial charge in [-0.3, -0.25) is 14.4 Å². The number of fused-ring (bicyclic) bond motifs is 4. The number of anilines is 1. The van der Waals surface area contributed by atoms with Crippen LogP contribution in [0.25, 0.3) is 0 Å². The molecule has 8 heteroatoms. The van der Waals surface area contributed by atoms with Crippen LogP contribution in [0.1, 0.15) is 35.3 Å². The summed E-state index contributed by atoms with van der Waals surface area (Å²) < 4.78 is 2.62. The molecule has 1 fully saturated rings. The quantitative estimate of drug-likeness (QED) is 0.581. The third kappa shape index (κ3) is 4.49. The fraction of sp³-hybridized carbons (Fsp3) is 0.364. The summed E-state index contributed by atoms with van der Waals surface area (Å²) in [5.41, 5.74) is 2.43. The average molecular weight is 442 g/mol. The molecular weight excluding hydrogens is 418 g/mol. The van der Waals surface area contributed by atoms with Crippen molar-refractivity contribution in [2.75, 3.05) is 24.2 Å². The molecule has 30 heavy (non-hydrogen) atoms. The lowest BCUT2D eigenvalue weighted by molar-refractivity contribution is -0.113. The summed E-state index contributed by atoms with van der Waals surface area (Å²) in [4.78, 5) is 38.0. The van der Waals surface area contributed by atoms with Gasteiger partial charge in [-0.15, -0.1) is 0 Å². The van der Waals surface area contributed by atoms with Crippen molar-refractivity contribution in [2.45, 2.75) is 25.8 Å². The largest absolute Gasteiger partial charge is 0.356 e. The number of nitrogens with zero attached hydrogens (tertiary/aromatic N) is 2. The molecule has 1 aromatic heterocycles. The van der Waals surface area contributed by atoms with Gasteiger partial charge in [0.05, 0.1) is 5.75 Å². The number of ketones is 1. The van der Waals surface area contributed by atoms with Gasteiger partial charge in [0.25, 0.3) is 5.56 Å². The van der Waals surface area contributed by atoms with Gasteiger partial charge in [0.1, 0.15) is 4.32 Å². The van der Waals surface area contributed by atoms with Crippen LogP contribution in [0.4, 0.5) is 5.69 Å². The van der Waals surface area contributed by atoms with Crippen molar-refractivity contribution >= 4 is 45.7 Å². The molecule has 1 N–H and O–H groups in total. The number of carbonyl (C=O) groups excluding carboxylic acids is 2. The maximum Gasteiger partial charge on any atom is 0.250 e. The highest BCUT2D eigenvalue weighted by Crippen LogP contribution is 2.36. The highest BCUT2D eigenvalue weighted by atomic mass is 32.2. The van der Waals surface area contributed by atoms with Gasteiger partial charge in [-0.2, -0.15) is 0 Å². The first-order valence-electron chi connectivity index (χ1n) is 9.93. The first kappa shape index (κ1) is 20.8. The molecule has 2 bridgehead atoms. The smallest absolute Gasteiger partial charge is 0.250 e. The average Bonchev–Trinajstić information content (AvgIpc) is 2.73. The summed E-state index contributed by atoms with van der Waals surface area (Å²) in [5.74, 6) is 0.775. The minimum atomic E-state index is -0.132. The second-order valence-electron chi connectivity index (χ2n) is 7.84. The number of pyridine rings is 1. The first-order chi connectivity index (χ1) is 14.4. The lowest BCUT2D eigenvalue weighted by Crippen LogP contribution is -2.48. The number of rotatable bonds is 4. The number of nitrogens with one attached hydrogen (secondary N) is 1. The van der Waals surface area contributed by atoms with Crippen LogP contribution in [-0.4, -0.2) is 44.3 Å². The second kappa shape index (κ2) is 8.73. The Hall–Kier alpha value is -2.45. The van der Waals surface area contributed by atoms with Crippen LogP contribution in [-0.2, 0) is 11.3 Å². The molecule has 4 rings (SSSR count). The van der Waals surface area contributed by atoms with E-state index in [9.17, 15) is 14.4 Å². The molecule has 1 amide bonds. The monoisotopic (exact) mass is 441 g/mol. The third-order valence-corrected chi connectivity index (χ3v) is 7.16. The lowest BCUT2D eigenvalue weighted by atomic mass is 9.83. The normalized spacial score (nSPS) is 19.7. The Balaban J connectivity index is 1.32. The molecule has 0 aliphatic carbocycles. The van der Waals surface area contributed by atoms with Crippen LogP contribution < -0.4 is 10.9 Å². The zero-order valence-corrected chi connectivity index (χ0v) is 18.3. The Kier molecular flexibility index (Phi) is 6.06. The van der Waals surface area contributed by atoms with E-state index in [1.165, 1.54) is 18.7 Å². The van der Waals surface area contributed by atoms with E-state index < -0.39 is 0 Å². The van der Waals surface area contributed by atoms with Gasteiger partial charge in [-0.1, -0.05) is 30.0 Å². The van der Waals surface area contributed by atoms with Gasteiger partial charge < -0.3 is 14.8 Å². The molecule has 0 spiro atoms. The minimum Gasteiger partial charge on any atom is -0.356 e. The van der Waals surface area contributed by atoms with Crippen molar-refractivity contribution in [1.82, 2.24) is 9.47 Å². The predicted octanol–water partition coefficient (Wildman–Crippen LogP) is 3.13. The number of benzene rings is 1. The summed E-state index contributed by atoms with van der Waals surface area (Å²) in [5, 5.41) is 2.84. The molecule has 156 valence electrons. The van der Waals surface area contributed by atoms with Crippen molar-refractivity contribution in [2.24, 2.45) is 5.92 Å². The fourth-order valence-electron chi connectivity index (χ4n) is 4.25. The molecule has 2 aliphatic rings. The van der Waals surface area contributed by atoms with Crippen LogP contribution in [0.3, 0.4) is 0 Å². The summed E-state index contributed by atoms with van der Waals surface area (Å²) >= 11 is 6.97. The number of piperidine rings is 1. The second-order valence-corrected chi connectivity index (χ2v) is 9.45. The minimum absolute atomic E-state index is 0.00687. The van der Waals surface area contributed by atoms with E-state index in [-0.39, 0.29) is 23.0 Å². The summed E-state index contributed by atoms with van der Waals surface area (Å²) in [6.07, 6.45) is 1.07. The molecule has 1 aromatic carbocycles. The van der Waals surface area contributed by atoms with E-state index in [1.54, 1.807) is 30.3 Å². The Morgan fingerprint density at radius 1 is 1.13 bits per heavy atom. The highest BCUT2D eigenvalue weighted by molar-refractivity contribution is 8.23. The van der Waals surface area contributed by atoms with Gasteiger partial charge in [0.15, 0.2) is 5.78 Å². The SMILES string of the molecule is CC(=O)c1ccc(NC(=O)CSC(=S)N2C[C@@H]3C[C@H](C2)c2cccc(=O)n2C3)cc1. The molecule has 3 heterocycles. The Morgan fingerprint density at radius 3 is 2.63 bits per heavy atom. The van der Waals surface area contributed by atoms with Crippen molar-refractivity contribution in [3.63, 3.8) is 0 Å². The van der Waals surface area contributed by atoms with Gasteiger partial charge in [0.2, 0.25) is 5.91 Å². The zero-order chi connectivity index (χ0) is 21.3. The molecule has 2 aliphatic heterocycles. The molecule has 6 nitrogen and oxygen atoms in total. The Morgan fingerprint density at radius 2 is 1.90 bits per heavy atom. The highest BCUT2D eigenvalue weighted by Gasteiger charge is 2.35. The summed E-state index contributed by atoms with van der Waals surface area (Å²) in [6, 6.07) is 12.3. The first-order valence-corrected chi connectivity index (χ1v) is 11.3. The summed E-state index contributed by atoms with van der Waals surface area (Å²) in [7, 11) is 0. The van der Waals surface area contributed by atoms with Crippen molar-refractivity contribution in [1.29, 1.82) is 0 Å². The van der Waals surface area contributed by atoms with E-state index in [4.69, 9.17) is 12.2 Å². The molecule has 1 saturated heterocycles. The van der Waals surface area contributed by atoms with Gasteiger partial charge in [0, 0.05) is 48.6 Å². The van der Waals surface area contributed by atoms with Gasteiger partial charge in [-0.25, -0.2) is 0 Å². The maximum atomic E-state index is 12.3. The topological polar surface area (TPSA) is 71.4 Å². The number of carbonyl (C=O) groups is 2. The van der Waals surface area contributed by atoms with E-state index >= 15 is 0 Å². The summed E-state index contributed by atoms with van der Waals surface area (Å²) in [6.45, 7) is 3.83. The molecule has 0 saturated carbocycles. The maximum absolute atomic E-state index is 12.3. The van der Waals surface area contributed by atoms with Crippen LogP contribution >= 0.6 is 24.0 Å². The number of thiocarbonyl (C=S) groups is 1. The molecule has 0 radical (unpaired) electrons. The van der Waals surface area contributed by atoms with E-state index in [1.807, 2.05) is 16.7 Å². The van der Waals surface area contributed by atoms with E-state index in [0.717, 1.165) is 36.1 Å². The van der Waals surface area contributed by atoms with Crippen LogP contribution in [0.2, 0.25) is 0 Å². The number of amides is 1. The molecule has 2 aromatic rings. The zero-order valence-electron chi connectivity index (χ0n) is 16.7. The fourth-order valence-corrected chi connectivity index (χ4v) is 5.23. The molecule has 0 unspecified atom stereocenters. The van der Waals surface area contributed by atoms with Crippen LogP contribution in [0.15, 0.2) is 47.3 Å². The van der Waals surface area contributed by atoms with Crippen molar-refractivity contribution in [3.8, 4) is 0 Å².